The van der Waals surface area contributed by atoms with Crippen LogP contribution in [0.1, 0.15) is 17.2 Å². The quantitative estimate of drug-likeness (QED) is 0.650. The van der Waals surface area contributed by atoms with E-state index in [1.54, 1.807) is 19.2 Å². The van der Waals surface area contributed by atoms with Crippen LogP contribution in [0.5, 0.6) is 11.5 Å². The van der Waals surface area contributed by atoms with Crippen molar-refractivity contribution in [2.75, 3.05) is 14.2 Å². The zero-order valence-corrected chi connectivity index (χ0v) is 11.4. The minimum absolute atomic E-state index is 0.380. The first-order valence-electron chi connectivity index (χ1n) is 6.13. The number of hydrogen-bond donors (Lipinski definition) is 2. The van der Waals surface area contributed by atoms with E-state index in [0.717, 1.165) is 5.56 Å². The van der Waals surface area contributed by atoms with E-state index in [9.17, 15) is 4.39 Å². The average molecular weight is 276 g/mol. The molecule has 0 aliphatic carbocycles. The van der Waals surface area contributed by atoms with Crippen molar-refractivity contribution in [1.29, 1.82) is 0 Å². The van der Waals surface area contributed by atoms with Crippen molar-refractivity contribution in [3.8, 4) is 11.5 Å². The smallest absolute Gasteiger partial charge is 0.132 e. The number of halogens is 1. The highest BCUT2D eigenvalue weighted by atomic mass is 19.1. The summed E-state index contributed by atoms with van der Waals surface area (Å²) in [4.78, 5) is 0. The maximum absolute atomic E-state index is 14.1. The Morgan fingerprint density at radius 1 is 1.05 bits per heavy atom. The largest absolute Gasteiger partial charge is 0.497 e. The van der Waals surface area contributed by atoms with Crippen LogP contribution in [-0.2, 0) is 0 Å². The zero-order valence-electron chi connectivity index (χ0n) is 11.4. The first kappa shape index (κ1) is 14.3. The average Bonchev–Trinajstić information content (AvgIpc) is 2.49. The minimum Gasteiger partial charge on any atom is -0.497 e. The van der Waals surface area contributed by atoms with Crippen molar-refractivity contribution in [2.24, 2.45) is 5.84 Å². The molecule has 0 saturated heterocycles. The molecule has 106 valence electrons. The maximum atomic E-state index is 14.1. The van der Waals surface area contributed by atoms with E-state index in [4.69, 9.17) is 15.3 Å². The van der Waals surface area contributed by atoms with Gasteiger partial charge in [0.1, 0.15) is 17.3 Å². The summed E-state index contributed by atoms with van der Waals surface area (Å²) in [5.74, 6) is 6.36. The molecule has 0 aromatic heterocycles. The Bertz CT molecular complexity index is 590. The molecule has 0 fully saturated rings. The van der Waals surface area contributed by atoms with E-state index >= 15 is 0 Å². The van der Waals surface area contributed by atoms with Crippen LogP contribution < -0.4 is 20.7 Å². The standard InChI is InChI=1S/C15H17FN2O2/c1-19-11-5-3-4-10(8-11)15(18-17)13-7-6-12(20-2)9-14(13)16/h3-9,15,18H,17H2,1-2H3. The Kier molecular flexibility index (Phi) is 4.55. The van der Waals surface area contributed by atoms with Crippen molar-refractivity contribution in [2.45, 2.75) is 6.04 Å². The lowest BCUT2D eigenvalue weighted by molar-refractivity contribution is 0.409. The summed E-state index contributed by atoms with van der Waals surface area (Å²) in [5, 5.41) is 0. The lowest BCUT2D eigenvalue weighted by atomic mass is 9.98. The third kappa shape index (κ3) is 2.89. The van der Waals surface area contributed by atoms with Crippen molar-refractivity contribution in [1.82, 2.24) is 5.43 Å². The normalized spacial score (nSPS) is 12.0. The summed E-state index contributed by atoms with van der Waals surface area (Å²) in [5.41, 5.74) is 3.89. The molecule has 1 unspecified atom stereocenters. The molecule has 2 rings (SSSR count). The summed E-state index contributed by atoms with van der Waals surface area (Å²) < 4.78 is 24.3. The van der Waals surface area contributed by atoms with Gasteiger partial charge in [-0.05, 0) is 23.8 Å². The number of benzene rings is 2. The van der Waals surface area contributed by atoms with E-state index in [1.165, 1.54) is 13.2 Å². The minimum atomic E-state index is -0.462. The molecule has 5 heteroatoms. The fraction of sp³-hybridized carbons (Fsp3) is 0.200. The molecule has 0 aliphatic heterocycles. The molecule has 0 radical (unpaired) electrons. The van der Waals surface area contributed by atoms with Gasteiger partial charge in [-0.2, -0.15) is 0 Å². The molecule has 2 aromatic carbocycles. The number of hydrazine groups is 1. The number of rotatable bonds is 5. The van der Waals surface area contributed by atoms with E-state index in [0.29, 0.717) is 17.1 Å². The Morgan fingerprint density at radius 3 is 2.35 bits per heavy atom. The van der Waals surface area contributed by atoms with Gasteiger partial charge in [-0.15, -0.1) is 0 Å². The third-order valence-corrected chi connectivity index (χ3v) is 3.11. The fourth-order valence-electron chi connectivity index (χ4n) is 2.06. The van der Waals surface area contributed by atoms with Gasteiger partial charge in [0.25, 0.3) is 0 Å². The SMILES string of the molecule is COc1cccc(C(NN)c2ccc(OC)cc2F)c1. The molecule has 0 saturated carbocycles. The molecule has 0 amide bonds. The zero-order chi connectivity index (χ0) is 14.5. The molecule has 2 aromatic rings. The van der Waals surface area contributed by atoms with Crippen molar-refractivity contribution in [3.63, 3.8) is 0 Å². The van der Waals surface area contributed by atoms with Gasteiger partial charge < -0.3 is 9.47 Å². The van der Waals surface area contributed by atoms with Crippen LogP contribution in [0.15, 0.2) is 42.5 Å². The third-order valence-electron chi connectivity index (χ3n) is 3.11. The van der Waals surface area contributed by atoms with Gasteiger partial charge in [0.05, 0.1) is 20.3 Å². The van der Waals surface area contributed by atoms with Crippen LogP contribution in [0, 0.1) is 5.82 Å². The fourth-order valence-corrected chi connectivity index (χ4v) is 2.06. The molecule has 0 aliphatic rings. The van der Waals surface area contributed by atoms with Crippen molar-refractivity contribution < 1.29 is 13.9 Å². The highest BCUT2D eigenvalue weighted by Crippen LogP contribution is 2.28. The second-order valence-corrected chi connectivity index (χ2v) is 4.26. The van der Waals surface area contributed by atoms with Gasteiger partial charge in [-0.25, -0.2) is 9.82 Å². The van der Waals surface area contributed by atoms with Crippen LogP contribution in [0.4, 0.5) is 4.39 Å². The summed E-state index contributed by atoms with van der Waals surface area (Å²) >= 11 is 0. The number of nitrogens with two attached hydrogens (primary N) is 1. The van der Waals surface area contributed by atoms with Gasteiger partial charge in [0.15, 0.2) is 0 Å². The van der Waals surface area contributed by atoms with Crippen LogP contribution in [0.25, 0.3) is 0 Å². The number of hydrogen-bond acceptors (Lipinski definition) is 4. The summed E-state index contributed by atoms with van der Waals surface area (Å²) in [6.45, 7) is 0. The van der Waals surface area contributed by atoms with Crippen molar-refractivity contribution in [3.05, 3.63) is 59.4 Å². The highest BCUT2D eigenvalue weighted by Gasteiger charge is 2.17. The number of methoxy groups -OCH3 is 2. The predicted octanol–water partition coefficient (Wildman–Crippen LogP) is 2.40. The highest BCUT2D eigenvalue weighted by molar-refractivity contribution is 5.39. The molecule has 1 atom stereocenters. The molecular weight excluding hydrogens is 259 g/mol. The van der Waals surface area contributed by atoms with Gasteiger partial charge in [-0.1, -0.05) is 18.2 Å². The van der Waals surface area contributed by atoms with Crippen LogP contribution in [0.3, 0.4) is 0 Å². The van der Waals surface area contributed by atoms with Crippen LogP contribution >= 0.6 is 0 Å². The molecule has 4 nitrogen and oxygen atoms in total. The number of ether oxygens (including phenoxy) is 2. The molecule has 0 heterocycles. The van der Waals surface area contributed by atoms with Gasteiger partial charge in [-0.3, -0.25) is 5.84 Å². The Labute approximate surface area is 117 Å². The second kappa shape index (κ2) is 6.36. The van der Waals surface area contributed by atoms with Gasteiger partial charge >= 0.3 is 0 Å². The summed E-state index contributed by atoms with van der Waals surface area (Å²) in [6.07, 6.45) is 0. The Morgan fingerprint density at radius 2 is 1.75 bits per heavy atom. The van der Waals surface area contributed by atoms with Gasteiger partial charge in [0, 0.05) is 11.6 Å². The van der Waals surface area contributed by atoms with E-state index in [2.05, 4.69) is 5.43 Å². The van der Waals surface area contributed by atoms with Crippen LogP contribution in [-0.4, -0.2) is 14.2 Å². The van der Waals surface area contributed by atoms with Crippen molar-refractivity contribution >= 4 is 0 Å². The topological polar surface area (TPSA) is 56.5 Å². The molecule has 0 bridgehead atoms. The lowest BCUT2D eigenvalue weighted by Crippen LogP contribution is -2.29. The van der Waals surface area contributed by atoms with Crippen LogP contribution in [0.2, 0.25) is 0 Å². The molecular formula is C15H17FN2O2. The molecule has 0 spiro atoms. The summed E-state index contributed by atoms with van der Waals surface area (Å²) in [6, 6.07) is 11.5. The van der Waals surface area contributed by atoms with E-state index < -0.39 is 6.04 Å². The predicted molar refractivity (Wildman–Crippen MR) is 75.1 cm³/mol. The van der Waals surface area contributed by atoms with E-state index in [1.807, 2.05) is 24.3 Å². The Hall–Kier alpha value is -2.11. The monoisotopic (exact) mass is 276 g/mol. The lowest BCUT2D eigenvalue weighted by Gasteiger charge is -2.18. The first-order chi connectivity index (χ1) is 9.69. The van der Waals surface area contributed by atoms with Gasteiger partial charge in [0.2, 0.25) is 0 Å². The second-order valence-electron chi connectivity index (χ2n) is 4.26. The first-order valence-corrected chi connectivity index (χ1v) is 6.13. The molecule has 3 N–H and O–H groups in total. The Balaban J connectivity index is 2.41. The van der Waals surface area contributed by atoms with E-state index in [-0.39, 0.29) is 5.82 Å². The molecule has 20 heavy (non-hydrogen) atoms. The maximum Gasteiger partial charge on any atom is 0.132 e. The number of nitrogens with one attached hydrogen (secondary N) is 1. The summed E-state index contributed by atoms with van der Waals surface area (Å²) in [7, 11) is 3.08.